The Hall–Kier alpha value is -3.95. The Morgan fingerprint density at radius 1 is 0.767 bits per heavy atom. The number of rotatable bonds is 3. The summed E-state index contributed by atoms with van der Waals surface area (Å²) in [7, 11) is 0. The van der Waals surface area contributed by atoms with Crippen molar-refractivity contribution in [3.8, 4) is 6.07 Å². The number of carbonyl (C=O) groups excluding carboxylic acids is 2. The predicted octanol–water partition coefficient (Wildman–Crippen LogP) is 3.61. The van der Waals surface area contributed by atoms with E-state index in [1.54, 1.807) is 29.3 Å². The van der Waals surface area contributed by atoms with E-state index in [1.165, 1.54) is 4.90 Å². The van der Waals surface area contributed by atoms with Crippen LogP contribution in [0.15, 0.2) is 84.9 Å². The van der Waals surface area contributed by atoms with Crippen molar-refractivity contribution in [2.75, 3.05) is 9.96 Å². The van der Waals surface area contributed by atoms with E-state index < -0.39 is 24.0 Å². The van der Waals surface area contributed by atoms with Gasteiger partial charge in [0.25, 0.3) is 5.91 Å². The van der Waals surface area contributed by atoms with E-state index >= 15 is 0 Å². The van der Waals surface area contributed by atoms with E-state index in [0.717, 1.165) is 11.3 Å². The van der Waals surface area contributed by atoms with Crippen molar-refractivity contribution in [2.45, 2.75) is 12.1 Å². The largest absolute Gasteiger partial charge is 0.273 e. The third-order valence-corrected chi connectivity index (χ3v) is 5.52. The van der Waals surface area contributed by atoms with Crippen molar-refractivity contribution >= 4 is 23.2 Å². The second-order valence-electron chi connectivity index (χ2n) is 7.24. The maximum Gasteiger partial charge on any atom is 0.266 e. The molecule has 6 nitrogen and oxygen atoms in total. The first kappa shape index (κ1) is 18.1. The molecule has 3 aromatic rings. The topological polar surface area (TPSA) is 73.6 Å². The number of nitriles is 1. The highest BCUT2D eigenvalue weighted by atomic mass is 16.7. The van der Waals surface area contributed by atoms with Gasteiger partial charge in [0, 0.05) is 0 Å². The standard InChI is InChI=1S/C24H17N3O3/c25-15-16-11-13-18(14-12-16)26-23(28)20-21(17-7-3-1-4-8-17)27(30-22(20)24(26)29)19-9-5-2-6-10-19/h1-14,20-22H/t20-,21+,22+/m0/s1. The van der Waals surface area contributed by atoms with Crippen LogP contribution in [-0.2, 0) is 14.4 Å². The van der Waals surface area contributed by atoms with Crippen LogP contribution < -0.4 is 9.96 Å². The fourth-order valence-corrected chi connectivity index (χ4v) is 4.14. The Kier molecular flexibility index (Phi) is 4.31. The Bertz CT molecular complexity index is 1140. The molecule has 6 heteroatoms. The number of hydroxylamine groups is 1. The molecule has 2 amide bonds. The van der Waals surface area contributed by atoms with Gasteiger partial charge in [0.05, 0.1) is 29.0 Å². The molecule has 3 atom stereocenters. The zero-order chi connectivity index (χ0) is 20.7. The second kappa shape index (κ2) is 7.14. The van der Waals surface area contributed by atoms with Gasteiger partial charge in [-0.15, -0.1) is 0 Å². The van der Waals surface area contributed by atoms with Crippen molar-refractivity contribution < 1.29 is 14.4 Å². The summed E-state index contributed by atoms with van der Waals surface area (Å²) in [6, 6.07) is 27.1. The average molecular weight is 395 g/mol. The van der Waals surface area contributed by atoms with Crippen molar-refractivity contribution in [3.05, 3.63) is 96.1 Å². The highest BCUT2D eigenvalue weighted by Crippen LogP contribution is 2.47. The molecule has 2 fully saturated rings. The minimum atomic E-state index is -0.904. The summed E-state index contributed by atoms with van der Waals surface area (Å²) >= 11 is 0. The zero-order valence-corrected chi connectivity index (χ0v) is 15.9. The first-order valence-electron chi connectivity index (χ1n) is 9.63. The third kappa shape index (κ3) is 2.76. The molecule has 146 valence electrons. The van der Waals surface area contributed by atoms with E-state index in [4.69, 9.17) is 10.1 Å². The van der Waals surface area contributed by atoms with E-state index in [-0.39, 0.29) is 5.91 Å². The zero-order valence-electron chi connectivity index (χ0n) is 15.9. The van der Waals surface area contributed by atoms with Gasteiger partial charge < -0.3 is 0 Å². The quantitative estimate of drug-likeness (QED) is 0.634. The number of benzene rings is 3. The smallest absolute Gasteiger partial charge is 0.266 e. The van der Waals surface area contributed by atoms with Crippen LogP contribution in [-0.4, -0.2) is 17.9 Å². The molecule has 2 aliphatic rings. The lowest BCUT2D eigenvalue weighted by atomic mass is 9.90. The fourth-order valence-electron chi connectivity index (χ4n) is 4.14. The number of hydrogen-bond donors (Lipinski definition) is 0. The van der Waals surface area contributed by atoms with Crippen LogP contribution in [0.4, 0.5) is 11.4 Å². The monoisotopic (exact) mass is 395 g/mol. The van der Waals surface area contributed by atoms with E-state index in [9.17, 15) is 9.59 Å². The Morgan fingerprint density at radius 3 is 2.03 bits per heavy atom. The molecule has 0 spiro atoms. The van der Waals surface area contributed by atoms with Crippen molar-refractivity contribution in [2.24, 2.45) is 5.92 Å². The van der Waals surface area contributed by atoms with Gasteiger partial charge in [-0.1, -0.05) is 48.5 Å². The highest BCUT2D eigenvalue weighted by Gasteiger charge is 2.60. The summed E-state index contributed by atoms with van der Waals surface area (Å²) < 4.78 is 0. The number of imide groups is 1. The number of nitrogens with zero attached hydrogens (tertiary/aromatic N) is 3. The lowest BCUT2D eigenvalue weighted by Crippen LogP contribution is -2.37. The van der Waals surface area contributed by atoms with Crippen LogP contribution in [0.5, 0.6) is 0 Å². The molecule has 0 radical (unpaired) electrons. The lowest BCUT2D eigenvalue weighted by molar-refractivity contribution is -0.126. The molecule has 30 heavy (non-hydrogen) atoms. The maximum atomic E-state index is 13.4. The second-order valence-corrected chi connectivity index (χ2v) is 7.24. The Balaban J connectivity index is 1.56. The summed E-state index contributed by atoms with van der Waals surface area (Å²) in [6.07, 6.45) is -0.904. The number of hydrogen-bond acceptors (Lipinski definition) is 5. The molecular formula is C24H17N3O3. The van der Waals surface area contributed by atoms with Gasteiger partial charge in [0.2, 0.25) is 5.91 Å². The molecule has 0 saturated carbocycles. The van der Waals surface area contributed by atoms with Crippen molar-refractivity contribution in [1.29, 1.82) is 5.26 Å². The summed E-state index contributed by atoms with van der Waals surface area (Å²) in [6.45, 7) is 0. The summed E-state index contributed by atoms with van der Waals surface area (Å²) in [5, 5.41) is 10.7. The van der Waals surface area contributed by atoms with Crippen LogP contribution >= 0.6 is 0 Å². The lowest BCUT2D eigenvalue weighted by Gasteiger charge is -2.28. The van der Waals surface area contributed by atoms with Gasteiger partial charge in [-0.2, -0.15) is 5.26 Å². The molecule has 0 aromatic heterocycles. The SMILES string of the molecule is N#Cc1ccc(N2C(=O)[C@H]3[C@@H](c4ccccc4)N(c4ccccc4)O[C@H]3C2=O)cc1. The molecule has 2 heterocycles. The highest BCUT2D eigenvalue weighted by molar-refractivity contribution is 6.23. The third-order valence-electron chi connectivity index (χ3n) is 5.52. The first-order valence-corrected chi connectivity index (χ1v) is 9.63. The molecule has 0 N–H and O–H groups in total. The van der Waals surface area contributed by atoms with Crippen LogP contribution in [0.1, 0.15) is 17.2 Å². The first-order chi connectivity index (χ1) is 14.7. The van der Waals surface area contributed by atoms with Crippen LogP contribution in [0.2, 0.25) is 0 Å². The van der Waals surface area contributed by atoms with E-state index in [0.29, 0.717) is 11.3 Å². The molecule has 0 aliphatic carbocycles. The number of amides is 2. The van der Waals surface area contributed by atoms with Gasteiger partial charge in [-0.3, -0.25) is 14.4 Å². The molecular weight excluding hydrogens is 378 g/mol. The fraction of sp³-hybridized carbons (Fsp3) is 0.125. The van der Waals surface area contributed by atoms with Crippen molar-refractivity contribution in [3.63, 3.8) is 0 Å². The maximum absolute atomic E-state index is 13.4. The van der Waals surface area contributed by atoms with Gasteiger partial charge >= 0.3 is 0 Å². The summed E-state index contributed by atoms with van der Waals surface area (Å²) in [4.78, 5) is 33.9. The van der Waals surface area contributed by atoms with E-state index in [1.807, 2.05) is 66.7 Å². The van der Waals surface area contributed by atoms with Gasteiger partial charge in [-0.25, -0.2) is 9.96 Å². The normalized spacial score (nSPS) is 22.8. The number of carbonyl (C=O) groups is 2. The Labute approximate surface area is 173 Å². The van der Waals surface area contributed by atoms with Crippen LogP contribution in [0.3, 0.4) is 0 Å². The van der Waals surface area contributed by atoms with Crippen LogP contribution in [0, 0.1) is 17.2 Å². The molecule has 2 saturated heterocycles. The molecule has 2 aliphatic heterocycles. The minimum absolute atomic E-state index is 0.304. The molecule has 0 bridgehead atoms. The average Bonchev–Trinajstić information content (AvgIpc) is 3.31. The molecule has 0 unspecified atom stereocenters. The van der Waals surface area contributed by atoms with E-state index in [2.05, 4.69) is 0 Å². The molecule has 3 aromatic carbocycles. The predicted molar refractivity (Wildman–Crippen MR) is 110 cm³/mol. The Morgan fingerprint density at radius 2 is 1.40 bits per heavy atom. The minimum Gasteiger partial charge on any atom is -0.273 e. The van der Waals surface area contributed by atoms with Gasteiger partial charge in [0.1, 0.15) is 5.92 Å². The van der Waals surface area contributed by atoms with Crippen molar-refractivity contribution in [1.82, 2.24) is 0 Å². The number of anilines is 2. The van der Waals surface area contributed by atoms with Gasteiger partial charge in [-0.05, 0) is 42.0 Å². The molecule has 5 rings (SSSR count). The summed E-state index contributed by atoms with van der Waals surface area (Å²) in [5.41, 5.74) is 2.59. The number of fused-ring (bicyclic) bond motifs is 1. The summed E-state index contributed by atoms with van der Waals surface area (Å²) in [5.74, 6) is -1.37. The van der Waals surface area contributed by atoms with Crippen LogP contribution in [0.25, 0.3) is 0 Å². The number of para-hydroxylation sites is 1. The van der Waals surface area contributed by atoms with Gasteiger partial charge in [0.15, 0.2) is 6.10 Å².